The lowest BCUT2D eigenvalue weighted by molar-refractivity contribution is 0.113. The summed E-state index contributed by atoms with van der Waals surface area (Å²) < 4.78 is 14.7. The Morgan fingerprint density at radius 1 is 0.906 bits per heavy atom. The van der Waals surface area contributed by atoms with Gasteiger partial charge >= 0.3 is 0 Å². The third-order valence-electron chi connectivity index (χ3n) is 8.50. The Bertz CT molecular complexity index is 895. The molecule has 2 aromatic rings. The second-order valence-electron chi connectivity index (χ2n) is 10.7. The minimum Gasteiger partial charge on any atom is -0.207 e. The van der Waals surface area contributed by atoms with Crippen LogP contribution in [0.3, 0.4) is 0 Å². The fraction of sp³-hybridized carbons (Fsp3) is 0.613. The van der Waals surface area contributed by atoms with Gasteiger partial charge in [-0.15, -0.1) is 0 Å². The molecule has 2 fully saturated rings. The third-order valence-corrected chi connectivity index (χ3v) is 8.50. The van der Waals surface area contributed by atoms with Crippen molar-refractivity contribution >= 4 is 10.8 Å². The summed E-state index contributed by atoms with van der Waals surface area (Å²) in [6.07, 6.45) is 21.4. The van der Waals surface area contributed by atoms with Crippen molar-refractivity contribution in [3.8, 4) is 0 Å². The second-order valence-corrected chi connectivity index (χ2v) is 10.7. The molecule has 0 saturated heterocycles. The number of benzene rings is 2. The summed E-state index contributed by atoms with van der Waals surface area (Å²) in [7, 11) is 0. The molecule has 32 heavy (non-hydrogen) atoms. The second kappa shape index (κ2) is 11.5. The predicted octanol–water partition coefficient (Wildman–Crippen LogP) is 9.76. The first-order valence-electron chi connectivity index (χ1n) is 13.5. The average molecular weight is 435 g/mol. The topological polar surface area (TPSA) is 0 Å². The van der Waals surface area contributed by atoms with E-state index in [9.17, 15) is 4.39 Å². The molecule has 2 aliphatic carbocycles. The van der Waals surface area contributed by atoms with Crippen molar-refractivity contribution in [3.05, 3.63) is 59.4 Å². The highest BCUT2D eigenvalue weighted by Crippen LogP contribution is 2.48. The van der Waals surface area contributed by atoms with Crippen molar-refractivity contribution in [3.63, 3.8) is 0 Å². The highest BCUT2D eigenvalue weighted by Gasteiger charge is 2.35. The molecule has 0 aromatic heterocycles. The van der Waals surface area contributed by atoms with Gasteiger partial charge in [-0.1, -0.05) is 75.8 Å². The first kappa shape index (κ1) is 23.5. The maximum atomic E-state index is 14.7. The molecule has 0 N–H and O–H groups in total. The van der Waals surface area contributed by atoms with Crippen LogP contribution in [-0.2, 0) is 6.42 Å². The van der Waals surface area contributed by atoms with E-state index in [0.29, 0.717) is 5.92 Å². The molecule has 2 saturated carbocycles. The Balaban J connectivity index is 1.37. The largest absolute Gasteiger partial charge is 0.207 e. The van der Waals surface area contributed by atoms with Crippen LogP contribution in [0, 0.1) is 23.6 Å². The van der Waals surface area contributed by atoms with Gasteiger partial charge in [-0.2, -0.15) is 0 Å². The number of unbranched alkanes of at least 4 members (excludes halogenated alkanes) is 3. The van der Waals surface area contributed by atoms with Gasteiger partial charge < -0.3 is 0 Å². The van der Waals surface area contributed by atoms with Gasteiger partial charge in [0.15, 0.2) is 0 Å². The van der Waals surface area contributed by atoms with Gasteiger partial charge in [0.1, 0.15) is 5.82 Å². The van der Waals surface area contributed by atoms with Gasteiger partial charge in [-0.05, 0) is 110 Å². The molecule has 0 radical (unpaired) electrons. The SMILES string of the molecule is C/C=C/CCc1cc2ccc([C@@H]3CC[C@@H]4CC(CCCCCC)CCC4C3)cc2cc1F. The summed E-state index contributed by atoms with van der Waals surface area (Å²) >= 11 is 0. The molecule has 0 nitrogen and oxygen atoms in total. The lowest BCUT2D eigenvalue weighted by Gasteiger charge is -2.42. The maximum Gasteiger partial charge on any atom is 0.127 e. The van der Waals surface area contributed by atoms with Crippen LogP contribution in [0.4, 0.5) is 4.39 Å². The smallest absolute Gasteiger partial charge is 0.127 e. The van der Waals surface area contributed by atoms with Crippen molar-refractivity contribution < 1.29 is 4.39 Å². The van der Waals surface area contributed by atoms with E-state index in [1.54, 1.807) is 6.07 Å². The molecular formula is C31H43F. The van der Waals surface area contributed by atoms with E-state index in [1.807, 2.05) is 13.0 Å². The normalized spacial score (nSPS) is 26.0. The maximum absolute atomic E-state index is 14.7. The highest BCUT2D eigenvalue weighted by atomic mass is 19.1. The first-order valence-corrected chi connectivity index (χ1v) is 13.5. The summed E-state index contributed by atoms with van der Waals surface area (Å²) in [6, 6.07) is 10.7. The minimum absolute atomic E-state index is 0.0416. The lowest BCUT2D eigenvalue weighted by Crippen LogP contribution is -2.30. The molecule has 0 spiro atoms. The van der Waals surface area contributed by atoms with Crippen LogP contribution in [0.15, 0.2) is 42.5 Å². The molecular weight excluding hydrogens is 391 g/mol. The monoisotopic (exact) mass is 434 g/mol. The van der Waals surface area contributed by atoms with Gasteiger partial charge in [0.25, 0.3) is 0 Å². The van der Waals surface area contributed by atoms with Crippen molar-refractivity contribution in [1.82, 2.24) is 0 Å². The van der Waals surface area contributed by atoms with E-state index in [2.05, 4.69) is 37.3 Å². The van der Waals surface area contributed by atoms with Crippen molar-refractivity contribution in [1.29, 1.82) is 0 Å². The van der Waals surface area contributed by atoms with Crippen molar-refractivity contribution in [2.24, 2.45) is 17.8 Å². The van der Waals surface area contributed by atoms with Gasteiger partial charge in [-0.3, -0.25) is 0 Å². The minimum atomic E-state index is -0.0416. The van der Waals surface area contributed by atoms with Crippen LogP contribution in [0.25, 0.3) is 10.8 Å². The molecule has 0 heterocycles. The van der Waals surface area contributed by atoms with E-state index in [4.69, 9.17) is 0 Å². The van der Waals surface area contributed by atoms with E-state index < -0.39 is 0 Å². The summed E-state index contributed by atoms with van der Waals surface area (Å²) in [5.41, 5.74) is 2.29. The Morgan fingerprint density at radius 3 is 2.59 bits per heavy atom. The molecule has 2 unspecified atom stereocenters. The van der Waals surface area contributed by atoms with Crippen LogP contribution in [0.5, 0.6) is 0 Å². The number of rotatable bonds is 9. The van der Waals surface area contributed by atoms with Crippen LogP contribution in [0.2, 0.25) is 0 Å². The van der Waals surface area contributed by atoms with E-state index in [-0.39, 0.29) is 5.82 Å². The van der Waals surface area contributed by atoms with E-state index in [1.165, 1.54) is 81.6 Å². The number of fused-ring (bicyclic) bond motifs is 2. The van der Waals surface area contributed by atoms with Gasteiger partial charge in [-0.25, -0.2) is 4.39 Å². The van der Waals surface area contributed by atoms with Gasteiger partial charge in [0.2, 0.25) is 0 Å². The Morgan fingerprint density at radius 2 is 1.75 bits per heavy atom. The third kappa shape index (κ3) is 5.83. The van der Waals surface area contributed by atoms with E-state index >= 15 is 0 Å². The van der Waals surface area contributed by atoms with Gasteiger partial charge in [0, 0.05) is 0 Å². The van der Waals surface area contributed by atoms with Gasteiger partial charge in [0.05, 0.1) is 0 Å². The fourth-order valence-electron chi connectivity index (χ4n) is 6.60. The number of halogens is 1. The quantitative estimate of drug-likeness (QED) is 0.272. The van der Waals surface area contributed by atoms with Crippen LogP contribution >= 0.6 is 0 Å². The Kier molecular flexibility index (Phi) is 8.44. The fourth-order valence-corrected chi connectivity index (χ4v) is 6.60. The van der Waals surface area contributed by atoms with Crippen molar-refractivity contribution in [2.45, 2.75) is 103 Å². The molecule has 2 aliphatic rings. The molecule has 0 amide bonds. The zero-order chi connectivity index (χ0) is 22.3. The van der Waals surface area contributed by atoms with Crippen molar-refractivity contribution in [2.75, 3.05) is 0 Å². The standard InChI is InChI=1S/C31H43F/c1-3-5-7-9-10-23-12-13-25-19-26(15-14-24(25)18-23)27-16-17-28-20-29(11-8-6-4-2)31(32)22-30(28)21-27/h4,6,16-17,20-26H,3,5,7-15,18-19H2,1-2H3/b6-4+/t23?,24-,25?,26-/m1/s1. The highest BCUT2D eigenvalue weighted by molar-refractivity contribution is 5.84. The Labute approximate surface area is 195 Å². The van der Waals surface area contributed by atoms with Crippen LogP contribution in [-0.4, -0.2) is 0 Å². The zero-order valence-electron chi connectivity index (χ0n) is 20.4. The number of hydrogen-bond acceptors (Lipinski definition) is 0. The lowest BCUT2D eigenvalue weighted by atomic mass is 9.63. The summed E-state index contributed by atoms with van der Waals surface area (Å²) in [6.45, 7) is 4.32. The average Bonchev–Trinajstić information content (AvgIpc) is 2.81. The molecule has 1 heteroatoms. The molecule has 2 aromatic carbocycles. The predicted molar refractivity (Wildman–Crippen MR) is 137 cm³/mol. The molecule has 0 aliphatic heterocycles. The summed E-state index contributed by atoms with van der Waals surface area (Å²) in [4.78, 5) is 0. The summed E-state index contributed by atoms with van der Waals surface area (Å²) in [5.74, 6) is 3.51. The summed E-state index contributed by atoms with van der Waals surface area (Å²) in [5, 5.41) is 2.26. The number of aryl methyl sites for hydroxylation is 1. The molecule has 4 rings (SSSR count). The number of allylic oxidation sites excluding steroid dienone is 2. The Hall–Kier alpha value is -1.63. The van der Waals surface area contributed by atoms with Crippen LogP contribution < -0.4 is 0 Å². The van der Waals surface area contributed by atoms with Crippen LogP contribution in [0.1, 0.15) is 108 Å². The molecule has 174 valence electrons. The molecule has 0 bridgehead atoms. The number of hydrogen-bond donors (Lipinski definition) is 0. The zero-order valence-corrected chi connectivity index (χ0v) is 20.4. The molecule has 4 atom stereocenters. The first-order chi connectivity index (χ1) is 15.7. The van der Waals surface area contributed by atoms with E-state index in [0.717, 1.165) is 41.5 Å².